The monoisotopic (exact) mass is 604 g/mol. The quantitative estimate of drug-likeness (QED) is 0.148. The van der Waals surface area contributed by atoms with E-state index in [9.17, 15) is 9.13 Å². The van der Waals surface area contributed by atoms with Gasteiger partial charge in [-0.05, 0) is 0 Å². The maximum atomic E-state index is 13.7. The molecule has 0 aliphatic carbocycles. The van der Waals surface area contributed by atoms with Crippen molar-refractivity contribution in [1.29, 1.82) is 0 Å². The van der Waals surface area contributed by atoms with Crippen LogP contribution in [0, 0.1) is 0 Å². The summed E-state index contributed by atoms with van der Waals surface area (Å²) in [6.07, 6.45) is 0. The number of rotatable bonds is 6. The van der Waals surface area contributed by atoms with Crippen molar-refractivity contribution in [2.45, 2.75) is 0 Å². The second-order valence-electron chi connectivity index (χ2n) is 8.85. The van der Waals surface area contributed by atoms with E-state index < -0.39 is 14.3 Å². The first-order valence-electron chi connectivity index (χ1n) is 12.5. The molecule has 6 aromatic carbocycles. The topological polar surface area (TPSA) is 65.6 Å². The van der Waals surface area contributed by atoms with Crippen molar-refractivity contribution in [3.8, 4) is 0 Å². The maximum absolute atomic E-state index is 13.7. The molecule has 0 aliphatic rings. The van der Waals surface area contributed by atoms with Crippen LogP contribution in [0.4, 0.5) is 0 Å². The second-order valence-corrected chi connectivity index (χ2v) is 14.4. The average molecular weight is 604 g/mol. The standard InChI is InChI=1S/2C17H14OP.Fe.H2O/c2*18-19(17-13-7-8-14-17,15-9-3-1-4-10-15)16-11-5-2-6-12-16;;/h2*1-14H;;1H2/q2*-1;+2;. The molecule has 0 radical (unpaired) electrons. The van der Waals surface area contributed by atoms with Crippen molar-refractivity contribution in [3.63, 3.8) is 0 Å². The van der Waals surface area contributed by atoms with Gasteiger partial charge in [0.05, 0.1) is 0 Å². The number of hydrogen-bond donors (Lipinski definition) is 0. The van der Waals surface area contributed by atoms with Crippen LogP contribution in [0.2, 0.25) is 0 Å². The Labute approximate surface area is 246 Å². The first kappa shape index (κ1) is 31.1. The van der Waals surface area contributed by atoms with Crippen molar-refractivity contribution in [2.24, 2.45) is 0 Å². The van der Waals surface area contributed by atoms with Gasteiger partial charge in [-0.1, -0.05) is 132 Å². The van der Waals surface area contributed by atoms with Crippen molar-refractivity contribution >= 4 is 46.1 Å². The third-order valence-corrected chi connectivity index (χ3v) is 12.6. The molecule has 0 amide bonds. The molecule has 6 heteroatoms. The minimum Gasteiger partial charge on any atom is -0.412 e. The van der Waals surface area contributed by atoms with Gasteiger partial charge in [-0.3, -0.25) is 0 Å². The second kappa shape index (κ2) is 14.2. The zero-order valence-electron chi connectivity index (χ0n) is 21.7. The van der Waals surface area contributed by atoms with Crippen molar-refractivity contribution < 1.29 is 31.7 Å². The van der Waals surface area contributed by atoms with E-state index in [4.69, 9.17) is 0 Å². The summed E-state index contributed by atoms with van der Waals surface area (Å²) in [6, 6.07) is 54.4. The van der Waals surface area contributed by atoms with Crippen LogP contribution in [0.15, 0.2) is 170 Å². The predicted octanol–water partition coefficient (Wildman–Crippen LogP) is 5.26. The van der Waals surface area contributed by atoms with Gasteiger partial charge in [0.2, 0.25) is 0 Å². The van der Waals surface area contributed by atoms with Crippen LogP contribution in [-0.2, 0) is 26.2 Å². The van der Waals surface area contributed by atoms with E-state index in [1.807, 2.05) is 170 Å². The molecular formula is C34H30FeO3P2. The molecule has 6 rings (SSSR count). The fourth-order valence-corrected chi connectivity index (χ4v) is 9.93. The van der Waals surface area contributed by atoms with Crippen LogP contribution < -0.4 is 31.8 Å². The van der Waals surface area contributed by atoms with Crippen molar-refractivity contribution in [1.82, 2.24) is 0 Å². The van der Waals surface area contributed by atoms with Gasteiger partial charge in [0, 0.05) is 21.2 Å². The Balaban J connectivity index is 0.000000210. The Hall–Kier alpha value is -3.48. The van der Waals surface area contributed by atoms with Gasteiger partial charge in [0.25, 0.3) is 0 Å². The first-order valence-corrected chi connectivity index (χ1v) is 15.9. The summed E-state index contributed by atoms with van der Waals surface area (Å²) >= 11 is 0. The first-order chi connectivity index (χ1) is 18.6. The van der Waals surface area contributed by atoms with E-state index in [2.05, 4.69) is 0 Å². The fourth-order valence-electron chi connectivity index (χ4n) is 4.59. The van der Waals surface area contributed by atoms with Crippen LogP contribution in [0.25, 0.3) is 0 Å². The molecule has 0 bridgehead atoms. The molecule has 0 unspecified atom stereocenters. The van der Waals surface area contributed by atoms with Crippen LogP contribution in [0.3, 0.4) is 0 Å². The van der Waals surface area contributed by atoms with Crippen molar-refractivity contribution in [3.05, 3.63) is 170 Å². The zero-order chi connectivity index (χ0) is 26.3. The Morgan fingerprint density at radius 3 is 0.750 bits per heavy atom. The molecule has 0 spiro atoms. The van der Waals surface area contributed by atoms with Gasteiger partial charge in [0.1, 0.15) is 14.3 Å². The Bertz CT molecular complexity index is 1420. The summed E-state index contributed by atoms with van der Waals surface area (Å²) in [7, 11) is -5.46. The third kappa shape index (κ3) is 6.29. The number of benzene rings is 4. The minimum atomic E-state index is -2.73. The van der Waals surface area contributed by atoms with Crippen molar-refractivity contribution in [2.75, 3.05) is 0 Å². The van der Waals surface area contributed by atoms with E-state index in [1.54, 1.807) is 0 Å². The molecule has 0 saturated heterocycles. The molecule has 3 nitrogen and oxygen atoms in total. The van der Waals surface area contributed by atoms with E-state index in [-0.39, 0.29) is 22.5 Å². The summed E-state index contributed by atoms with van der Waals surface area (Å²) in [5.74, 6) is 0. The summed E-state index contributed by atoms with van der Waals surface area (Å²) in [5.41, 5.74) is 0. The average Bonchev–Trinajstić information content (AvgIpc) is 3.75. The van der Waals surface area contributed by atoms with Gasteiger partial charge < -0.3 is 14.6 Å². The molecule has 0 aromatic heterocycles. The summed E-state index contributed by atoms with van der Waals surface area (Å²) in [5, 5.41) is 5.31. The van der Waals surface area contributed by atoms with Crippen LogP contribution >= 0.6 is 14.3 Å². The molecule has 0 heterocycles. The van der Waals surface area contributed by atoms with E-state index in [1.165, 1.54) is 0 Å². The molecular weight excluding hydrogens is 574 g/mol. The Morgan fingerprint density at radius 1 is 0.350 bits per heavy atom. The SMILES string of the molecule is O.O=P(c1ccccc1)(c1ccccc1)[c-]1cccc1.O=P(c1ccccc1)(c1ccccc1)[c-]1cccc1.[Fe+2]. The van der Waals surface area contributed by atoms with E-state index in [0.29, 0.717) is 0 Å². The van der Waals surface area contributed by atoms with Gasteiger partial charge >= 0.3 is 17.1 Å². The Morgan fingerprint density at radius 2 is 0.550 bits per heavy atom. The molecule has 0 fully saturated rings. The summed E-state index contributed by atoms with van der Waals surface area (Å²) < 4.78 is 27.4. The minimum absolute atomic E-state index is 0. The third-order valence-electron chi connectivity index (χ3n) is 6.50. The maximum Gasteiger partial charge on any atom is 2.00 e. The van der Waals surface area contributed by atoms with E-state index >= 15 is 0 Å². The molecule has 6 aromatic rings. The summed E-state index contributed by atoms with van der Waals surface area (Å²) in [6.45, 7) is 0. The molecule has 40 heavy (non-hydrogen) atoms. The van der Waals surface area contributed by atoms with Gasteiger partial charge in [-0.15, -0.1) is 0 Å². The van der Waals surface area contributed by atoms with Gasteiger partial charge in [-0.2, -0.15) is 24.3 Å². The Kier molecular flexibility index (Phi) is 11.1. The predicted molar refractivity (Wildman–Crippen MR) is 166 cm³/mol. The molecule has 0 aliphatic heterocycles. The smallest absolute Gasteiger partial charge is 0.412 e. The summed E-state index contributed by atoms with van der Waals surface area (Å²) in [4.78, 5) is 0. The van der Waals surface area contributed by atoms with Gasteiger partial charge in [-0.25, -0.2) is 24.3 Å². The molecule has 0 saturated carbocycles. The largest absolute Gasteiger partial charge is 2.00 e. The van der Waals surface area contributed by atoms with Crippen LogP contribution in [0.1, 0.15) is 0 Å². The van der Waals surface area contributed by atoms with Crippen LogP contribution in [0.5, 0.6) is 0 Å². The van der Waals surface area contributed by atoms with Gasteiger partial charge in [0.15, 0.2) is 0 Å². The molecule has 202 valence electrons. The van der Waals surface area contributed by atoms with Crippen LogP contribution in [-0.4, -0.2) is 5.48 Å². The fraction of sp³-hybridized carbons (Fsp3) is 0. The molecule has 2 N–H and O–H groups in total. The van der Waals surface area contributed by atoms with E-state index in [0.717, 1.165) is 31.8 Å². The molecule has 0 atom stereocenters. The number of hydrogen-bond acceptors (Lipinski definition) is 2. The zero-order valence-corrected chi connectivity index (χ0v) is 24.6. The normalized spacial score (nSPS) is 10.8.